The van der Waals surface area contributed by atoms with Gasteiger partial charge >= 0.3 is 0 Å². The van der Waals surface area contributed by atoms with Gasteiger partial charge in [0.2, 0.25) is 0 Å². The maximum atomic E-state index is 10.2. The topological polar surface area (TPSA) is 62.2 Å². The van der Waals surface area contributed by atoms with Crippen LogP contribution < -0.4 is 9.47 Å². The third-order valence-corrected chi connectivity index (χ3v) is 6.50. The summed E-state index contributed by atoms with van der Waals surface area (Å²) in [4.78, 5) is 2.47. The summed E-state index contributed by atoms with van der Waals surface area (Å²) < 4.78 is 10.5. The summed E-state index contributed by atoms with van der Waals surface area (Å²) >= 11 is 0. The number of likely N-dealkylation sites (tertiary alicyclic amines) is 1. The largest absolute Gasteiger partial charge is 0.497 e. The Balaban J connectivity index is 1.62. The molecule has 5 nitrogen and oxygen atoms in total. The van der Waals surface area contributed by atoms with Crippen LogP contribution in [0, 0.1) is 0 Å². The quantitative estimate of drug-likeness (QED) is 0.570. The van der Waals surface area contributed by atoms with Gasteiger partial charge in [0.15, 0.2) is 0 Å². The third kappa shape index (κ3) is 6.96. The van der Waals surface area contributed by atoms with Gasteiger partial charge in [-0.2, -0.15) is 0 Å². The zero-order chi connectivity index (χ0) is 22.1. The molecule has 0 aromatic heterocycles. The lowest BCUT2D eigenvalue weighted by molar-refractivity contribution is 0.00214. The summed E-state index contributed by atoms with van der Waals surface area (Å²) in [6, 6.07) is 17.5. The van der Waals surface area contributed by atoms with Gasteiger partial charge in [-0.15, -0.1) is 0 Å². The molecule has 2 aromatic rings. The standard InChI is InChI=1S/C26H37NO4/c1-30-25-14-8-20(9-15-25)6-12-22-4-3-5-23(27(22)18-24(29)19-28)13-7-21-10-16-26(31-2)17-11-21/h8-11,14-17,22-24,28-29H,3-7,12-13,18-19H2,1-2H3. The van der Waals surface area contributed by atoms with Crippen LogP contribution in [0.2, 0.25) is 0 Å². The number of β-amino-alcohol motifs (C(OH)–C–C–N with tert-alkyl or cyclic N) is 1. The lowest BCUT2D eigenvalue weighted by Crippen LogP contribution is -2.50. The fourth-order valence-corrected chi connectivity index (χ4v) is 4.69. The first-order valence-corrected chi connectivity index (χ1v) is 11.4. The van der Waals surface area contributed by atoms with Crippen molar-refractivity contribution in [2.75, 3.05) is 27.4 Å². The Morgan fingerprint density at radius 3 is 1.68 bits per heavy atom. The van der Waals surface area contributed by atoms with Gasteiger partial charge < -0.3 is 19.7 Å². The summed E-state index contributed by atoms with van der Waals surface area (Å²) in [6.45, 7) is 0.351. The summed E-state index contributed by atoms with van der Waals surface area (Å²) in [5, 5.41) is 19.7. The van der Waals surface area contributed by atoms with Crippen LogP contribution in [0.25, 0.3) is 0 Å². The molecule has 170 valence electrons. The number of hydrogen-bond donors (Lipinski definition) is 2. The van der Waals surface area contributed by atoms with Crippen molar-refractivity contribution in [1.82, 2.24) is 4.90 Å². The molecule has 0 spiro atoms. The molecule has 1 heterocycles. The van der Waals surface area contributed by atoms with Crippen molar-refractivity contribution in [2.45, 2.75) is 63.1 Å². The molecule has 0 radical (unpaired) electrons. The van der Waals surface area contributed by atoms with Crippen LogP contribution in [0.4, 0.5) is 0 Å². The Kier molecular flexibility index (Phi) is 9.19. The van der Waals surface area contributed by atoms with Crippen LogP contribution in [-0.4, -0.2) is 60.7 Å². The van der Waals surface area contributed by atoms with E-state index >= 15 is 0 Å². The van der Waals surface area contributed by atoms with Gasteiger partial charge in [0.25, 0.3) is 0 Å². The fraction of sp³-hybridized carbons (Fsp3) is 0.538. The first-order valence-electron chi connectivity index (χ1n) is 11.4. The van der Waals surface area contributed by atoms with Crippen molar-refractivity contribution in [3.8, 4) is 11.5 Å². The summed E-state index contributed by atoms with van der Waals surface area (Å²) in [5.41, 5.74) is 2.62. The number of piperidine rings is 1. The Morgan fingerprint density at radius 1 is 0.839 bits per heavy atom. The minimum absolute atomic E-state index is 0.188. The molecule has 0 aliphatic carbocycles. The van der Waals surface area contributed by atoms with E-state index in [1.54, 1.807) is 14.2 Å². The van der Waals surface area contributed by atoms with Crippen molar-refractivity contribution < 1.29 is 19.7 Å². The van der Waals surface area contributed by atoms with Crippen molar-refractivity contribution in [1.29, 1.82) is 0 Å². The number of hydrogen-bond acceptors (Lipinski definition) is 5. The van der Waals surface area contributed by atoms with E-state index in [1.165, 1.54) is 17.5 Å². The Bertz CT molecular complexity index is 702. The highest BCUT2D eigenvalue weighted by Crippen LogP contribution is 2.29. The normalized spacial score (nSPS) is 20.4. The number of aliphatic hydroxyl groups excluding tert-OH is 2. The molecule has 0 bridgehead atoms. The molecule has 3 atom stereocenters. The van der Waals surface area contributed by atoms with Crippen LogP contribution >= 0.6 is 0 Å². The Hall–Kier alpha value is -2.08. The predicted octanol–water partition coefficient (Wildman–Crippen LogP) is 3.85. The van der Waals surface area contributed by atoms with Crippen LogP contribution in [-0.2, 0) is 12.8 Å². The van der Waals surface area contributed by atoms with Gasteiger partial charge in [-0.05, 0) is 73.9 Å². The van der Waals surface area contributed by atoms with Crippen LogP contribution in [0.5, 0.6) is 11.5 Å². The molecule has 0 amide bonds. The molecule has 2 aromatic carbocycles. The highest BCUT2D eigenvalue weighted by atomic mass is 16.5. The molecule has 31 heavy (non-hydrogen) atoms. The van der Waals surface area contributed by atoms with Gasteiger partial charge in [0.1, 0.15) is 11.5 Å². The van der Waals surface area contributed by atoms with Gasteiger partial charge in [-0.3, -0.25) is 4.90 Å². The van der Waals surface area contributed by atoms with Crippen LogP contribution in [0.1, 0.15) is 43.2 Å². The number of aryl methyl sites for hydroxylation is 2. The number of aliphatic hydroxyl groups is 2. The number of methoxy groups -OCH3 is 2. The van der Waals surface area contributed by atoms with E-state index in [2.05, 4.69) is 29.2 Å². The number of benzene rings is 2. The fourth-order valence-electron chi connectivity index (χ4n) is 4.69. The molecule has 0 saturated carbocycles. The average molecular weight is 428 g/mol. The van der Waals surface area contributed by atoms with E-state index in [0.717, 1.165) is 50.0 Å². The molecule has 1 fully saturated rings. The first-order chi connectivity index (χ1) is 15.1. The molecule has 3 rings (SSSR count). The van der Waals surface area contributed by atoms with Crippen molar-refractivity contribution in [2.24, 2.45) is 0 Å². The molecule has 1 aliphatic rings. The van der Waals surface area contributed by atoms with Gasteiger partial charge in [-0.1, -0.05) is 30.7 Å². The number of ether oxygens (including phenoxy) is 2. The van der Waals surface area contributed by atoms with Gasteiger partial charge in [0, 0.05) is 18.6 Å². The van der Waals surface area contributed by atoms with E-state index < -0.39 is 6.10 Å². The third-order valence-electron chi connectivity index (χ3n) is 6.50. The number of nitrogens with zero attached hydrogens (tertiary/aromatic N) is 1. The molecule has 1 saturated heterocycles. The first kappa shape index (κ1) is 23.6. The van der Waals surface area contributed by atoms with Crippen LogP contribution in [0.15, 0.2) is 48.5 Å². The zero-order valence-corrected chi connectivity index (χ0v) is 18.9. The maximum absolute atomic E-state index is 10.2. The minimum atomic E-state index is -0.690. The lowest BCUT2D eigenvalue weighted by Gasteiger charge is -2.43. The van der Waals surface area contributed by atoms with Crippen molar-refractivity contribution in [3.63, 3.8) is 0 Å². The highest BCUT2D eigenvalue weighted by Gasteiger charge is 2.31. The van der Waals surface area contributed by atoms with Gasteiger partial charge in [-0.25, -0.2) is 0 Å². The molecule has 1 aliphatic heterocycles. The molecule has 5 heteroatoms. The van der Waals surface area contributed by atoms with E-state index in [-0.39, 0.29) is 6.61 Å². The molecular weight excluding hydrogens is 390 g/mol. The molecule has 2 N–H and O–H groups in total. The summed E-state index contributed by atoms with van der Waals surface area (Å²) in [7, 11) is 3.38. The van der Waals surface area contributed by atoms with E-state index in [9.17, 15) is 10.2 Å². The maximum Gasteiger partial charge on any atom is 0.118 e. The van der Waals surface area contributed by atoms with Crippen LogP contribution in [0.3, 0.4) is 0 Å². The van der Waals surface area contributed by atoms with E-state index in [0.29, 0.717) is 18.6 Å². The number of rotatable bonds is 11. The van der Waals surface area contributed by atoms with Gasteiger partial charge in [0.05, 0.1) is 26.9 Å². The highest BCUT2D eigenvalue weighted by molar-refractivity contribution is 5.28. The van der Waals surface area contributed by atoms with Crippen molar-refractivity contribution >= 4 is 0 Å². The lowest BCUT2D eigenvalue weighted by atomic mass is 9.88. The zero-order valence-electron chi connectivity index (χ0n) is 18.9. The van der Waals surface area contributed by atoms with E-state index in [1.807, 2.05) is 24.3 Å². The Labute approximate surface area is 186 Å². The average Bonchev–Trinajstić information content (AvgIpc) is 2.82. The predicted molar refractivity (Wildman–Crippen MR) is 124 cm³/mol. The molecule has 3 unspecified atom stereocenters. The summed E-state index contributed by atoms with van der Waals surface area (Å²) in [5.74, 6) is 1.76. The Morgan fingerprint density at radius 2 is 1.29 bits per heavy atom. The summed E-state index contributed by atoms with van der Waals surface area (Å²) in [6.07, 6.45) is 6.95. The second-order valence-electron chi connectivity index (χ2n) is 8.55. The minimum Gasteiger partial charge on any atom is -0.497 e. The SMILES string of the molecule is COc1ccc(CCC2CCCC(CCc3ccc(OC)cc3)N2CC(O)CO)cc1. The van der Waals surface area contributed by atoms with E-state index in [4.69, 9.17) is 9.47 Å². The molecular formula is C26H37NO4. The second-order valence-corrected chi connectivity index (χ2v) is 8.55. The monoisotopic (exact) mass is 427 g/mol. The van der Waals surface area contributed by atoms with Crippen molar-refractivity contribution in [3.05, 3.63) is 59.7 Å². The smallest absolute Gasteiger partial charge is 0.118 e. The second kappa shape index (κ2) is 12.1.